The minimum Gasteiger partial charge on any atom is -0.190 e. The van der Waals surface area contributed by atoms with E-state index in [0.717, 1.165) is 13.1 Å². The minimum absolute atomic E-state index is 0.260. The van der Waals surface area contributed by atoms with Gasteiger partial charge in [0.2, 0.25) is 11.5 Å². The molecule has 0 rings (SSSR count). The van der Waals surface area contributed by atoms with E-state index in [4.69, 9.17) is 0 Å². The summed E-state index contributed by atoms with van der Waals surface area (Å²) in [5, 5.41) is 1.71. The van der Waals surface area contributed by atoms with Crippen LogP contribution >= 0.6 is 0 Å². The molecule has 4 heteroatoms. The molecule has 0 fully saturated rings. The first kappa shape index (κ1) is 7.78. The Hall–Kier alpha value is -0.220. The number of hydrogen-bond acceptors (Lipinski definition) is 2. The molecule has 0 aromatic heterocycles. The van der Waals surface area contributed by atoms with Gasteiger partial charge in [-0.15, -0.1) is 4.47 Å². The van der Waals surface area contributed by atoms with E-state index in [1.165, 1.54) is 0 Å². The normalized spacial score (nSPS) is 9.38. The molecule has 0 saturated heterocycles. The lowest BCUT2D eigenvalue weighted by Crippen LogP contribution is -2.14. The molecule has 0 N–H and O–H groups in total. The van der Waals surface area contributed by atoms with Crippen LogP contribution in [-0.4, -0.2) is 22.3 Å². The maximum Gasteiger partial charge on any atom is 0.217 e. The van der Waals surface area contributed by atoms with E-state index in [2.05, 4.69) is 4.47 Å². The summed E-state index contributed by atoms with van der Waals surface area (Å²) in [6, 6.07) is 0. The SMILES string of the molecule is CCN(CC)N=S=O. The average molecular weight is 134 g/mol. The van der Waals surface area contributed by atoms with E-state index in [-0.39, 0.29) is 11.5 Å². The van der Waals surface area contributed by atoms with E-state index in [1.54, 1.807) is 5.01 Å². The Morgan fingerprint density at radius 2 is 2.00 bits per heavy atom. The third kappa shape index (κ3) is 2.87. The standard InChI is InChI=1S/C4H10N2OS/c1-3-6(4-2)5-8-7/h3-4H2,1-2H3. The molecular weight excluding hydrogens is 124 g/mol. The Balaban J connectivity index is 3.52. The number of hydrogen-bond donors (Lipinski definition) is 0. The molecule has 8 heavy (non-hydrogen) atoms. The molecule has 0 aliphatic heterocycles. The second-order valence-corrected chi connectivity index (χ2v) is 1.61. The maximum atomic E-state index is 9.77. The van der Waals surface area contributed by atoms with Crippen molar-refractivity contribution < 1.29 is 4.21 Å². The first-order valence-electron chi connectivity index (χ1n) is 2.60. The van der Waals surface area contributed by atoms with E-state index in [9.17, 15) is 4.21 Å². The summed E-state index contributed by atoms with van der Waals surface area (Å²) in [6.07, 6.45) is 0. The Kier molecular flexibility index (Phi) is 4.79. The molecular formula is C4H10N2OS. The molecule has 0 unspecified atom stereocenters. The van der Waals surface area contributed by atoms with Gasteiger partial charge in [-0.2, -0.15) is 9.22 Å². The van der Waals surface area contributed by atoms with Crippen molar-refractivity contribution in [2.45, 2.75) is 13.8 Å². The monoisotopic (exact) mass is 134 g/mol. The molecule has 0 bridgehead atoms. The van der Waals surface area contributed by atoms with Crippen LogP contribution in [0.2, 0.25) is 0 Å². The summed E-state index contributed by atoms with van der Waals surface area (Å²) in [6.45, 7) is 5.55. The molecule has 0 saturated carbocycles. The van der Waals surface area contributed by atoms with Crippen LogP contribution in [0.15, 0.2) is 4.47 Å². The molecule has 0 aliphatic carbocycles. The van der Waals surface area contributed by atoms with E-state index >= 15 is 0 Å². The van der Waals surface area contributed by atoms with Crippen molar-refractivity contribution in [1.82, 2.24) is 5.01 Å². The molecule has 0 amide bonds. The third-order valence-electron chi connectivity index (χ3n) is 0.879. The molecule has 0 atom stereocenters. The lowest BCUT2D eigenvalue weighted by Gasteiger charge is -2.05. The second kappa shape index (κ2) is 4.93. The van der Waals surface area contributed by atoms with Crippen LogP contribution in [0.1, 0.15) is 13.8 Å². The van der Waals surface area contributed by atoms with E-state index < -0.39 is 0 Å². The Labute approximate surface area is 52.9 Å². The lowest BCUT2D eigenvalue weighted by molar-refractivity contribution is 0.327. The van der Waals surface area contributed by atoms with Crippen LogP contribution < -0.4 is 0 Å². The molecule has 3 nitrogen and oxygen atoms in total. The maximum absolute atomic E-state index is 9.77. The van der Waals surface area contributed by atoms with Gasteiger partial charge < -0.3 is 0 Å². The van der Waals surface area contributed by atoms with Gasteiger partial charge in [0, 0.05) is 13.1 Å². The molecule has 0 spiro atoms. The fourth-order valence-corrected chi connectivity index (χ4v) is 0.711. The third-order valence-corrected chi connectivity index (χ3v) is 1.18. The molecule has 0 aliphatic rings. The summed E-state index contributed by atoms with van der Waals surface area (Å²) in [5.74, 6) is 0. The van der Waals surface area contributed by atoms with Crippen molar-refractivity contribution in [2.24, 2.45) is 4.47 Å². The molecule has 0 aromatic carbocycles. The van der Waals surface area contributed by atoms with Gasteiger partial charge in [0.1, 0.15) is 0 Å². The fourth-order valence-electron chi connectivity index (χ4n) is 0.386. The highest BCUT2D eigenvalue weighted by Gasteiger charge is 1.90. The largest absolute Gasteiger partial charge is 0.217 e. The summed E-state index contributed by atoms with van der Waals surface area (Å²) < 4.78 is 13.3. The van der Waals surface area contributed by atoms with Gasteiger partial charge in [0.15, 0.2) is 0 Å². The fraction of sp³-hybridized carbons (Fsp3) is 1.00. The van der Waals surface area contributed by atoms with Crippen LogP contribution in [0.4, 0.5) is 0 Å². The Bertz CT molecular complexity index is 96.2. The highest BCUT2D eigenvalue weighted by molar-refractivity contribution is 7.54. The zero-order chi connectivity index (χ0) is 6.41. The highest BCUT2D eigenvalue weighted by Crippen LogP contribution is 1.83. The highest BCUT2D eigenvalue weighted by atomic mass is 32.1. The lowest BCUT2D eigenvalue weighted by atomic mass is 10.6. The van der Waals surface area contributed by atoms with Crippen LogP contribution in [0, 0.1) is 0 Å². The van der Waals surface area contributed by atoms with Crippen molar-refractivity contribution in [3.8, 4) is 0 Å². The van der Waals surface area contributed by atoms with Crippen LogP contribution in [0.25, 0.3) is 0 Å². The van der Waals surface area contributed by atoms with Crippen molar-refractivity contribution in [1.29, 1.82) is 0 Å². The van der Waals surface area contributed by atoms with Gasteiger partial charge in [0.05, 0.1) is 0 Å². The van der Waals surface area contributed by atoms with Crippen molar-refractivity contribution >= 4 is 11.5 Å². The van der Waals surface area contributed by atoms with Gasteiger partial charge in [-0.05, 0) is 0 Å². The van der Waals surface area contributed by atoms with Crippen molar-refractivity contribution in [3.05, 3.63) is 0 Å². The second-order valence-electron chi connectivity index (χ2n) is 1.30. The predicted molar refractivity (Wildman–Crippen MR) is 33.5 cm³/mol. The van der Waals surface area contributed by atoms with Crippen molar-refractivity contribution in [2.75, 3.05) is 13.1 Å². The summed E-state index contributed by atoms with van der Waals surface area (Å²) in [5.41, 5.74) is 0. The molecule has 48 valence electrons. The van der Waals surface area contributed by atoms with Crippen LogP contribution in [0.3, 0.4) is 0 Å². The quantitative estimate of drug-likeness (QED) is 0.531. The number of nitrogens with zero attached hydrogens (tertiary/aromatic N) is 2. The first-order chi connectivity index (χ1) is 3.85. The zero-order valence-electron chi connectivity index (χ0n) is 5.13. The minimum atomic E-state index is 0.260. The summed E-state index contributed by atoms with van der Waals surface area (Å²) in [7, 11) is 0. The van der Waals surface area contributed by atoms with Gasteiger partial charge >= 0.3 is 0 Å². The van der Waals surface area contributed by atoms with Crippen LogP contribution in [-0.2, 0) is 11.5 Å². The van der Waals surface area contributed by atoms with Gasteiger partial charge in [0.25, 0.3) is 0 Å². The topological polar surface area (TPSA) is 32.7 Å². The van der Waals surface area contributed by atoms with Gasteiger partial charge in [-0.1, -0.05) is 13.8 Å². The molecule has 0 radical (unpaired) electrons. The number of rotatable bonds is 3. The smallest absolute Gasteiger partial charge is 0.190 e. The van der Waals surface area contributed by atoms with Gasteiger partial charge in [-0.25, -0.2) is 0 Å². The average Bonchev–Trinajstić information content (AvgIpc) is 1.83. The van der Waals surface area contributed by atoms with E-state index in [1.807, 2.05) is 13.8 Å². The predicted octanol–water partition coefficient (Wildman–Crippen LogP) is 0.640. The van der Waals surface area contributed by atoms with Crippen molar-refractivity contribution in [3.63, 3.8) is 0 Å². The molecule has 0 heterocycles. The first-order valence-corrected chi connectivity index (χ1v) is 3.29. The summed E-state index contributed by atoms with van der Waals surface area (Å²) in [4.78, 5) is 0. The van der Waals surface area contributed by atoms with Crippen LogP contribution in [0.5, 0.6) is 0 Å². The zero-order valence-corrected chi connectivity index (χ0v) is 5.94. The molecule has 0 aromatic rings. The Morgan fingerprint density at radius 3 is 2.12 bits per heavy atom. The van der Waals surface area contributed by atoms with Gasteiger partial charge in [-0.3, -0.25) is 0 Å². The Morgan fingerprint density at radius 1 is 1.50 bits per heavy atom. The van der Waals surface area contributed by atoms with E-state index in [0.29, 0.717) is 0 Å². The summed E-state index contributed by atoms with van der Waals surface area (Å²) >= 11 is 0.260.